The van der Waals surface area contributed by atoms with Crippen molar-refractivity contribution in [3.63, 3.8) is 0 Å². The summed E-state index contributed by atoms with van der Waals surface area (Å²) in [6, 6.07) is 1.21. The fraction of sp³-hybridized carbons (Fsp3) is 0.500. The first-order valence-electron chi connectivity index (χ1n) is 7.08. The Bertz CT molecular complexity index is 730. The summed E-state index contributed by atoms with van der Waals surface area (Å²) in [5.74, 6) is -1.09. The first-order chi connectivity index (χ1) is 10.5. The summed E-state index contributed by atoms with van der Waals surface area (Å²) in [5.41, 5.74) is 5.80. The van der Waals surface area contributed by atoms with Gasteiger partial charge in [0.1, 0.15) is 6.04 Å². The molecule has 0 saturated heterocycles. The van der Waals surface area contributed by atoms with Crippen LogP contribution in [0, 0.1) is 29.9 Å². The van der Waals surface area contributed by atoms with Crippen LogP contribution in [-0.2, 0) is 14.8 Å². The number of nitrogens with one attached hydrogen (secondary N) is 1. The molecule has 1 rings (SSSR count). The number of nitrogens with two attached hydrogens (primary N) is 1. The number of non-ortho nitro benzene ring substituents is 1. The largest absolute Gasteiger partial charge is 0.368 e. The zero-order chi connectivity index (χ0) is 17.9. The monoisotopic (exact) mass is 343 g/mol. The molecule has 0 aliphatic heterocycles. The van der Waals surface area contributed by atoms with Gasteiger partial charge in [0.25, 0.3) is 5.69 Å². The molecule has 0 radical (unpaired) electrons. The van der Waals surface area contributed by atoms with Crippen molar-refractivity contribution >= 4 is 21.6 Å². The van der Waals surface area contributed by atoms with E-state index in [4.69, 9.17) is 5.73 Å². The summed E-state index contributed by atoms with van der Waals surface area (Å²) in [4.78, 5) is 21.6. The lowest BCUT2D eigenvalue weighted by atomic mass is 10.00. The maximum absolute atomic E-state index is 12.6. The van der Waals surface area contributed by atoms with E-state index in [-0.39, 0.29) is 16.5 Å². The van der Waals surface area contributed by atoms with E-state index in [0.717, 1.165) is 6.07 Å². The highest BCUT2D eigenvalue weighted by atomic mass is 32.2. The average Bonchev–Trinajstić information content (AvgIpc) is 2.45. The van der Waals surface area contributed by atoms with E-state index in [1.165, 1.54) is 6.07 Å². The van der Waals surface area contributed by atoms with Crippen molar-refractivity contribution in [2.24, 2.45) is 11.7 Å². The smallest absolute Gasteiger partial charge is 0.271 e. The van der Waals surface area contributed by atoms with Gasteiger partial charge in [-0.25, -0.2) is 8.42 Å². The van der Waals surface area contributed by atoms with Crippen LogP contribution in [0.3, 0.4) is 0 Å². The van der Waals surface area contributed by atoms with Gasteiger partial charge in [-0.15, -0.1) is 0 Å². The van der Waals surface area contributed by atoms with Gasteiger partial charge in [0.2, 0.25) is 15.9 Å². The van der Waals surface area contributed by atoms with Crippen molar-refractivity contribution in [2.75, 3.05) is 0 Å². The highest BCUT2D eigenvalue weighted by molar-refractivity contribution is 7.89. The van der Waals surface area contributed by atoms with E-state index >= 15 is 0 Å². The Hall–Kier alpha value is -2.00. The van der Waals surface area contributed by atoms with E-state index in [1.807, 2.05) is 0 Å². The first kappa shape index (κ1) is 19.0. The number of nitro groups is 1. The molecule has 0 bridgehead atoms. The number of carbonyl (C=O) groups excluding carboxylic acids is 1. The van der Waals surface area contributed by atoms with Gasteiger partial charge in [0.15, 0.2) is 0 Å². The first-order valence-corrected chi connectivity index (χ1v) is 8.56. The van der Waals surface area contributed by atoms with Gasteiger partial charge in [-0.2, -0.15) is 4.72 Å². The Morgan fingerprint density at radius 1 is 1.39 bits per heavy atom. The van der Waals surface area contributed by atoms with Gasteiger partial charge in [0.05, 0.1) is 9.82 Å². The van der Waals surface area contributed by atoms with E-state index in [9.17, 15) is 23.3 Å². The summed E-state index contributed by atoms with van der Waals surface area (Å²) in [6.07, 6.45) is 0.545. The molecule has 1 aromatic rings. The maximum atomic E-state index is 12.6. The predicted molar refractivity (Wildman–Crippen MR) is 85.3 cm³/mol. The van der Waals surface area contributed by atoms with Crippen LogP contribution in [0.5, 0.6) is 0 Å². The van der Waals surface area contributed by atoms with E-state index < -0.39 is 26.9 Å². The number of carbonyl (C=O) groups is 1. The molecule has 0 saturated carbocycles. The quantitative estimate of drug-likeness (QED) is 0.570. The Morgan fingerprint density at radius 3 is 2.39 bits per heavy atom. The maximum Gasteiger partial charge on any atom is 0.271 e. The Kier molecular flexibility index (Phi) is 5.84. The third-order valence-corrected chi connectivity index (χ3v) is 5.47. The number of nitro benzene ring substituents is 1. The molecule has 0 heterocycles. The van der Waals surface area contributed by atoms with Gasteiger partial charge < -0.3 is 5.73 Å². The molecule has 0 aliphatic rings. The summed E-state index contributed by atoms with van der Waals surface area (Å²) in [6.45, 7) is 6.64. The van der Waals surface area contributed by atoms with Gasteiger partial charge >= 0.3 is 0 Å². The number of aryl methyl sites for hydroxylation is 1. The van der Waals surface area contributed by atoms with Crippen LogP contribution in [0.1, 0.15) is 31.4 Å². The van der Waals surface area contributed by atoms with Crippen LogP contribution >= 0.6 is 0 Å². The topological polar surface area (TPSA) is 132 Å². The Labute approximate surface area is 135 Å². The molecule has 2 unspecified atom stereocenters. The van der Waals surface area contributed by atoms with Crippen LogP contribution < -0.4 is 10.5 Å². The molecule has 23 heavy (non-hydrogen) atoms. The molecular weight excluding hydrogens is 322 g/mol. The minimum absolute atomic E-state index is 0.223. The number of hydrogen-bond acceptors (Lipinski definition) is 5. The minimum atomic E-state index is -4.12. The molecule has 1 amide bonds. The van der Waals surface area contributed by atoms with Crippen LogP contribution in [0.2, 0.25) is 0 Å². The van der Waals surface area contributed by atoms with Crippen molar-refractivity contribution in [3.05, 3.63) is 33.4 Å². The highest BCUT2D eigenvalue weighted by Gasteiger charge is 2.30. The van der Waals surface area contributed by atoms with E-state index in [1.54, 1.807) is 27.7 Å². The van der Waals surface area contributed by atoms with Crippen LogP contribution in [0.25, 0.3) is 0 Å². The van der Waals surface area contributed by atoms with Crippen LogP contribution in [-0.4, -0.2) is 25.3 Å². The van der Waals surface area contributed by atoms with E-state index in [2.05, 4.69) is 4.72 Å². The highest BCUT2D eigenvalue weighted by Crippen LogP contribution is 2.26. The van der Waals surface area contributed by atoms with Crippen LogP contribution in [0.15, 0.2) is 17.0 Å². The second-order valence-corrected chi connectivity index (χ2v) is 7.21. The Morgan fingerprint density at radius 2 is 1.96 bits per heavy atom. The zero-order valence-electron chi connectivity index (χ0n) is 13.5. The number of rotatable bonds is 7. The molecule has 0 fully saturated rings. The fourth-order valence-corrected chi connectivity index (χ4v) is 3.76. The van der Waals surface area contributed by atoms with E-state index in [0.29, 0.717) is 17.5 Å². The molecule has 8 nitrogen and oxygen atoms in total. The lowest BCUT2D eigenvalue weighted by Gasteiger charge is -2.21. The van der Waals surface area contributed by atoms with Crippen molar-refractivity contribution < 1.29 is 18.1 Å². The molecular formula is C14H21N3O5S. The molecule has 128 valence electrons. The second kappa shape index (κ2) is 7.05. The van der Waals surface area contributed by atoms with Crippen LogP contribution in [0.4, 0.5) is 5.69 Å². The summed E-state index contributed by atoms with van der Waals surface area (Å²) in [5, 5.41) is 10.9. The van der Waals surface area contributed by atoms with Crippen molar-refractivity contribution in [1.82, 2.24) is 4.72 Å². The summed E-state index contributed by atoms with van der Waals surface area (Å²) >= 11 is 0. The lowest BCUT2D eigenvalue weighted by Crippen LogP contribution is -2.48. The van der Waals surface area contributed by atoms with Gasteiger partial charge in [0, 0.05) is 12.1 Å². The number of primary amides is 1. The lowest BCUT2D eigenvalue weighted by molar-refractivity contribution is -0.385. The molecule has 3 N–H and O–H groups in total. The molecule has 1 aromatic carbocycles. The second-order valence-electron chi connectivity index (χ2n) is 5.53. The number of benzene rings is 1. The minimum Gasteiger partial charge on any atom is -0.368 e. The molecule has 0 spiro atoms. The van der Waals surface area contributed by atoms with Gasteiger partial charge in [-0.05, 0) is 30.9 Å². The van der Waals surface area contributed by atoms with Crippen molar-refractivity contribution in [3.8, 4) is 0 Å². The molecule has 9 heteroatoms. The fourth-order valence-electron chi connectivity index (χ4n) is 2.11. The van der Waals surface area contributed by atoms with Crippen molar-refractivity contribution in [1.29, 1.82) is 0 Å². The summed E-state index contributed by atoms with van der Waals surface area (Å²) in [7, 11) is -4.12. The predicted octanol–water partition coefficient (Wildman–Crippen LogP) is 1.39. The molecule has 0 aromatic heterocycles. The Balaban J connectivity index is 3.38. The third kappa shape index (κ3) is 4.26. The number of hydrogen-bond donors (Lipinski definition) is 2. The van der Waals surface area contributed by atoms with Gasteiger partial charge in [-0.3, -0.25) is 14.9 Å². The number of nitrogens with zero attached hydrogens (tertiary/aromatic N) is 1. The molecule has 2 atom stereocenters. The third-order valence-electron chi connectivity index (χ3n) is 3.91. The van der Waals surface area contributed by atoms with Crippen molar-refractivity contribution in [2.45, 2.75) is 45.1 Å². The standard InChI is InChI=1S/C14H21N3O5S/c1-5-8(2)13(14(15)18)16-23(21,22)12-7-11(17(19)20)6-9(3)10(12)4/h6-8,13,16H,5H2,1-4H3,(H2,15,18). The number of sulfonamides is 1. The molecule has 0 aliphatic carbocycles. The van der Waals surface area contributed by atoms with Gasteiger partial charge in [-0.1, -0.05) is 20.3 Å². The zero-order valence-corrected chi connectivity index (χ0v) is 14.3. The number of amides is 1. The summed E-state index contributed by atoms with van der Waals surface area (Å²) < 4.78 is 27.4. The average molecular weight is 343 g/mol. The SMILES string of the molecule is CCC(C)C(NS(=O)(=O)c1cc([N+](=O)[O-])cc(C)c1C)C(N)=O. The normalized spacial score (nSPS) is 14.3.